The van der Waals surface area contributed by atoms with Crippen molar-refractivity contribution >= 4 is 27.5 Å². The molecule has 0 spiro atoms. The van der Waals surface area contributed by atoms with Crippen molar-refractivity contribution in [3.63, 3.8) is 0 Å². The van der Waals surface area contributed by atoms with Gasteiger partial charge in [0.05, 0.1) is 6.10 Å². The molecule has 1 rings (SSSR count). The first-order valence-electron chi connectivity index (χ1n) is 5.65. The van der Waals surface area contributed by atoms with Crippen molar-refractivity contribution in [1.82, 2.24) is 5.32 Å². The van der Waals surface area contributed by atoms with E-state index in [2.05, 4.69) is 42.0 Å². The van der Waals surface area contributed by atoms with Gasteiger partial charge in [0.15, 0.2) is 0 Å². The van der Waals surface area contributed by atoms with Gasteiger partial charge in [0, 0.05) is 28.0 Å². The largest absolute Gasteiger partial charge is 0.391 e. The van der Waals surface area contributed by atoms with E-state index in [1.807, 2.05) is 18.2 Å². The van der Waals surface area contributed by atoms with Crippen LogP contribution in [0.1, 0.15) is 26.3 Å². The molecule has 1 atom stereocenters. The molecule has 2 N–H and O–H groups in total. The van der Waals surface area contributed by atoms with Crippen molar-refractivity contribution in [1.29, 1.82) is 0 Å². The lowest BCUT2D eigenvalue weighted by molar-refractivity contribution is 0.161. The van der Waals surface area contributed by atoms with Crippen molar-refractivity contribution in [2.75, 3.05) is 6.54 Å². The first-order valence-corrected chi connectivity index (χ1v) is 6.82. The van der Waals surface area contributed by atoms with Gasteiger partial charge in [-0.15, -0.1) is 0 Å². The predicted octanol–water partition coefficient (Wildman–Crippen LogP) is 3.39. The Morgan fingerprint density at radius 1 is 1.41 bits per heavy atom. The average molecular weight is 321 g/mol. The molecule has 0 saturated heterocycles. The fourth-order valence-corrected chi connectivity index (χ4v) is 2.19. The summed E-state index contributed by atoms with van der Waals surface area (Å²) in [5, 5.41) is 13.9. The molecule has 0 heterocycles. The Hall–Kier alpha value is -0.0900. The molecule has 0 aliphatic heterocycles. The van der Waals surface area contributed by atoms with Crippen LogP contribution in [0.4, 0.5) is 0 Å². The normalized spacial score (nSPS) is 13.8. The second-order valence-electron chi connectivity index (χ2n) is 5.22. The van der Waals surface area contributed by atoms with Crippen molar-refractivity contribution in [3.8, 4) is 0 Å². The van der Waals surface area contributed by atoms with Crippen molar-refractivity contribution in [2.45, 2.75) is 38.8 Å². The monoisotopic (exact) mass is 319 g/mol. The van der Waals surface area contributed by atoms with E-state index < -0.39 is 6.10 Å². The Morgan fingerprint density at radius 2 is 2.06 bits per heavy atom. The van der Waals surface area contributed by atoms with Gasteiger partial charge >= 0.3 is 0 Å². The smallest absolute Gasteiger partial charge is 0.0705 e. The molecule has 96 valence electrons. The first-order chi connectivity index (χ1) is 7.78. The van der Waals surface area contributed by atoms with E-state index in [0.29, 0.717) is 18.0 Å². The summed E-state index contributed by atoms with van der Waals surface area (Å²) in [7, 11) is 0. The van der Waals surface area contributed by atoms with Gasteiger partial charge in [0.1, 0.15) is 0 Å². The van der Waals surface area contributed by atoms with Gasteiger partial charge < -0.3 is 10.4 Å². The van der Waals surface area contributed by atoms with E-state index in [1.54, 1.807) is 0 Å². The third-order valence-corrected chi connectivity index (χ3v) is 3.18. The fourth-order valence-electron chi connectivity index (χ4n) is 1.44. The molecule has 0 radical (unpaired) electrons. The minimum absolute atomic E-state index is 0.0183. The quantitative estimate of drug-likeness (QED) is 0.891. The lowest BCUT2D eigenvalue weighted by Crippen LogP contribution is -2.41. The van der Waals surface area contributed by atoms with Gasteiger partial charge in [0.2, 0.25) is 0 Å². The average Bonchev–Trinajstić information content (AvgIpc) is 2.18. The summed E-state index contributed by atoms with van der Waals surface area (Å²) in [6.45, 7) is 6.79. The third-order valence-electron chi connectivity index (χ3n) is 2.34. The van der Waals surface area contributed by atoms with E-state index >= 15 is 0 Å². The van der Waals surface area contributed by atoms with Gasteiger partial charge in [-0.1, -0.05) is 33.6 Å². The van der Waals surface area contributed by atoms with Crippen LogP contribution in [0, 0.1) is 0 Å². The third kappa shape index (κ3) is 5.87. The second-order valence-corrected chi connectivity index (χ2v) is 6.55. The first kappa shape index (κ1) is 15.0. The van der Waals surface area contributed by atoms with Crippen molar-refractivity contribution in [3.05, 3.63) is 33.3 Å². The zero-order valence-corrected chi connectivity index (χ0v) is 12.8. The van der Waals surface area contributed by atoms with E-state index in [9.17, 15) is 5.11 Å². The van der Waals surface area contributed by atoms with Crippen LogP contribution in [0.2, 0.25) is 5.02 Å². The highest BCUT2D eigenvalue weighted by Gasteiger charge is 2.13. The Labute approximate surface area is 117 Å². The lowest BCUT2D eigenvalue weighted by atomic mass is 10.1. The highest BCUT2D eigenvalue weighted by Crippen LogP contribution is 2.22. The maximum atomic E-state index is 9.93. The summed E-state index contributed by atoms with van der Waals surface area (Å²) in [4.78, 5) is 0. The van der Waals surface area contributed by atoms with E-state index in [4.69, 9.17) is 11.6 Å². The molecule has 0 saturated carbocycles. The number of β-amino-alcohol motifs (C(OH)–C–C–N with tert-alkyl or cyclic N) is 1. The predicted molar refractivity (Wildman–Crippen MR) is 76.6 cm³/mol. The number of hydrogen-bond acceptors (Lipinski definition) is 2. The SMILES string of the molecule is CC(C)(C)NCC(O)Cc1ccc(Br)cc1Cl. The molecule has 2 nitrogen and oxygen atoms in total. The van der Waals surface area contributed by atoms with Gasteiger partial charge in [-0.05, 0) is 38.5 Å². The Morgan fingerprint density at radius 3 is 2.59 bits per heavy atom. The molecule has 0 amide bonds. The standard InChI is InChI=1S/C13H19BrClNO/c1-13(2,3)16-8-11(17)6-9-4-5-10(14)7-12(9)15/h4-5,7,11,16-17H,6,8H2,1-3H3. The molecule has 17 heavy (non-hydrogen) atoms. The Kier molecular flexibility index (Phi) is 5.45. The van der Waals surface area contributed by atoms with E-state index in [-0.39, 0.29) is 5.54 Å². The number of aliphatic hydroxyl groups is 1. The van der Waals surface area contributed by atoms with E-state index in [0.717, 1.165) is 10.0 Å². The maximum absolute atomic E-state index is 9.93. The molecule has 1 aromatic carbocycles. The number of rotatable bonds is 4. The molecular formula is C13H19BrClNO. The number of benzene rings is 1. The molecule has 0 fully saturated rings. The number of nitrogens with one attached hydrogen (secondary N) is 1. The molecule has 1 aromatic rings. The maximum Gasteiger partial charge on any atom is 0.0705 e. The molecule has 1 unspecified atom stereocenters. The summed E-state index contributed by atoms with van der Waals surface area (Å²) in [5.74, 6) is 0. The Balaban J connectivity index is 2.53. The molecular weight excluding hydrogens is 302 g/mol. The number of halogens is 2. The minimum atomic E-state index is -0.423. The molecule has 0 aliphatic rings. The molecule has 0 aliphatic carbocycles. The van der Waals surface area contributed by atoms with Gasteiger partial charge in [-0.2, -0.15) is 0 Å². The van der Waals surface area contributed by atoms with Crippen LogP contribution in [0.25, 0.3) is 0 Å². The van der Waals surface area contributed by atoms with Gasteiger partial charge in [-0.3, -0.25) is 0 Å². The van der Waals surface area contributed by atoms with Crippen LogP contribution in [0.15, 0.2) is 22.7 Å². The van der Waals surface area contributed by atoms with Crippen molar-refractivity contribution in [2.24, 2.45) is 0 Å². The van der Waals surface area contributed by atoms with Crippen LogP contribution in [0.5, 0.6) is 0 Å². The van der Waals surface area contributed by atoms with Crippen LogP contribution in [-0.4, -0.2) is 23.3 Å². The van der Waals surface area contributed by atoms with Gasteiger partial charge in [0.25, 0.3) is 0 Å². The summed E-state index contributed by atoms with van der Waals surface area (Å²) < 4.78 is 0.952. The molecule has 0 aromatic heterocycles. The van der Waals surface area contributed by atoms with Crippen LogP contribution in [-0.2, 0) is 6.42 Å². The zero-order valence-electron chi connectivity index (χ0n) is 10.4. The summed E-state index contributed by atoms with van der Waals surface area (Å²) in [6, 6.07) is 5.72. The summed E-state index contributed by atoms with van der Waals surface area (Å²) in [5.41, 5.74) is 0.989. The second kappa shape index (κ2) is 6.19. The van der Waals surface area contributed by atoms with Gasteiger partial charge in [-0.25, -0.2) is 0 Å². The highest BCUT2D eigenvalue weighted by atomic mass is 79.9. The topological polar surface area (TPSA) is 32.3 Å². The van der Waals surface area contributed by atoms with Crippen molar-refractivity contribution < 1.29 is 5.11 Å². The minimum Gasteiger partial charge on any atom is -0.391 e. The zero-order chi connectivity index (χ0) is 13.1. The fraction of sp³-hybridized carbons (Fsp3) is 0.538. The van der Waals surface area contributed by atoms with Crippen LogP contribution in [0.3, 0.4) is 0 Å². The molecule has 4 heteroatoms. The number of aliphatic hydroxyl groups excluding tert-OH is 1. The van der Waals surface area contributed by atoms with Crippen LogP contribution >= 0.6 is 27.5 Å². The van der Waals surface area contributed by atoms with E-state index in [1.165, 1.54) is 0 Å². The van der Waals surface area contributed by atoms with Crippen LogP contribution < -0.4 is 5.32 Å². The molecule has 0 bridgehead atoms. The Bertz CT molecular complexity index is 376. The lowest BCUT2D eigenvalue weighted by Gasteiger charge is -2.23. The highest BCUT2D eigenvalue weighted by molar-refractivity contribution is 9.10. The number of hydrogen-bond donors (Lipinski definition) is 2. The summed E-state index contributed by atoms with van der Waals surface area (Å²) in [6.07, 6.45) is 0.141. The summed E-state index contributed by atoms with van der Waals surface area (Å²) >= 11 is 9.46.